The van der Waals surface area contributed by atoms with Crippen LogP contribution in [-0.2, 0) is 0 Å². The molecule has 1 aliphatic rings. The lowest BCUT2D eigenvalue weighted by atomic mass is 11.0. The second kappa shape index (κ2) is 1.43. The molecule has 5 heavy (non-hydrogen) atoms. The molecule has 0 amide bonds. The van der Waals surface area contributed by atoms with E-state index in [2.05, 4.69) is 27.5 Å². The Morgan fingerprint density at radius 3 is 2.20 bits per heavy atom. The van der Waals surface area contributed by atoms with E-state index in [4.69, 9.17) is 0 Å². The first-order valence-electron chi connectivity index (χ1n) is 1.72. The third kappa shape index (κ3) is 1.05. The average Bonchev–Trinajstić information content (AvgIpc) is 2.12. The summed E-state index contributed by atoms with van der Waals surface area (Å²) >= 11 is 2.37. The second-order valence-electron chi connectivity index (χ2n) is 1.24. The molecule has 1 aliphatic heterocycles. The largest absolute Gasteiger partial charge is 0.292 e. The van der Waals surface area contributed by atoms with Gasteiger partial charge in [0.25, 0.3) is 0 Å². The van der Waals surface area contributed by atoms with Crippen molar-refractivity contribution in [2.75, 3.05) is 17.6 Å². The van der Waals surface area contributed by atoms with Crippen LogP contribution in [0, 0.1) is 0 Å². The molecule has 0 aliphatic carbocycles. The summed E-state index contributed by atoms with van der Waals surface area (Å²) in [6.45, 7) is 2.67. The Balaban J connectivity index is 2.00. The number of hydrogen-bond donors (Lipinski definition) is 0. The van der Waals surface area contributed by atoms with Crippen molar-refractivity contribution in [3.05, 3.63) is 0 Å². The van der Waals surface area contributed by atoms with Crippen LogP contribution in [0.25, 0.3) is 0 Å². The minimum atomic E-state index is 1.22. The van der Waals surface area contributed by atoms with Gasteiger partial charge in [0.15, 0.2) is 0 Å². The molecular weight excluding hydrogens is 177 g/mol. The van der Waals surface area contributed by atoms with Gasteiger partial charge >= 0.3 is 0 Å². The van der Waals surface area contributed by atoms with Gasteiger partial charge in [-0.3, -0.25) is 4.90 Å². The third-order valence-electron chi connectivity index (χ3n) is 0.709. The Hall–Kier alpha value is 0.690. The van der Waals surface area contributed by atoms with Crippen LogP contribution in [0.2, 0.25) is 0 Å². The Kier molecular flexibility index (Phi) is 1.10. The van der Waals surface area contributed by atoms with E-state index in [9.17, 15) is 0 Å². The van der Waals surface area contributed by atoms with Crippen molar-refractivity contribution in [2.45, 2.75) is 0 Å². The van der Waals surface area contributed by atoms with Gasteiger partial charge in [-0.05, 0) is 0 Å². The fraction of sp³-hybridized carbons (Fsp3) is 1.00. The number of halogens is 1. The Bertz CT molecular complexity index is 33.9. The van der Waals surface area contributed by atoms with Gasteiger partial charge in [-0.1, -0.05) is 22.6 Å². The molecule has 0 aromatic heterocycles. The van der Waals surface area contributed by atoms with Crippen LogP contribution in [0.3, 0.4) is 0 Å². The van der Waals surface area contributed by atoms with E-state index >= 15 is 0 Å². The van der Waals surface area contributed by atoms with Crippen molar-refractivity contribution in [1.29, 1.82) is 0 Å². The molecule has 0 aromatic rings. The van der Waals surface area contributed by atoms with Gasteiger partial charge in [-0.25, -0.2) is 0 Å². The highest BCUT2D eigenvalue weighted by molar-refractivity contribution is 14.1. The summed E-state index contributed by atoms with van der Waals surface area (Å²) in [6, 6.07) is 0. The molecule has 0 atom stereocenters. The van der Waals surface area contributed by atoms with Gasteiger partial charge in [0, 0.05) is 13.1 Å². The molecule has 0 saturated carbocycles. The van der Waals surface area contributed by atoms with Gasteiger partial charge in [0.05, 0.1) is 4.55 Å². The van der Waals surface area contributed by atoms with E-state index < -0.39 is 0 Å². The fourth-order valence-corrected chi connectivity index (χ4v) is 0.872. The molecule has 2 heteroatoms. The number of alkyl halides is 1. The summed E-state index contributed by atoms with van der Waals surface area (Å²) in [5.41, 5.74) is 0. The van der Waals surface area contributed by atoms with Gasteiger partial charge in [0.1, 0.15) is 0 Å². The molecule has 0 bridgehead atoms. The van der Waals surface area contributed by atoms with Gasteiger partial charge < -0.3 is 0 Å². The summed E-state index contributed by atoms with van der Waals surface area (Å²) in [6.07, 6.45) is 0. The zero-order valence-electron chi connectivity index (χ0n) is 2.95. The molecule has 0 radical (unpaired) electrons. The standard InChI is InChI=1S/C3H6IN/c4-3-5-1-2-5/h1-3H2. The summed E-state index contributed by atoms with van der Waals surface area (Å²) in [5, 5.41) is 0. The van der Waals surface area contributed by atoms with Gasteiger partial charge in [-0.15, -0.1) is 0 Å². The molecular formula is C3H6IN. The monoisotopic (exact) mass is 183 g/mol. The predicted molar refractivity (Wildman–Crippen MR) is 30.5 cm³/mol. The summed E-state index contributed by atoms with van der Waals surface area (Å²) < 4.78 is 1.22. The average molecular weight is 183 g/mol. The molecule has 1 fully saturated rings. The lowest BCUT2D eigenvalue weighted by molar-refractivity contribution is 0.686. The zero-order chi connectivity index (χ0) is 3.70. The Morgan fingerprint density at radius 1 is 1.60 bits per heavy atom. The van der Waals surface area contributed by atoms with E-state index in [1.54, 1.807) is 0 Å². The van der Waals surface area contributed by atoms with Crippen molar-refractivity contribution in [2.24, 2.45) is 0 Å². The molecule has 0 spiro atoms. The van der Waals surface area contributed by atoms with E-state index in [0.29, 0.717) is 0 Å². The molecule has 30 valence electrons. The van der Waals surface area contributed by atoms with Gasteiger partial charge in [0.2, 0.25) is 0 Å². The van der Waals surface area contributed by atoms with E-state index in [0.717, 1.165) is 0 Å². The summed E-state index contributed by atoms with van der Waals surface area (Å²) in [4.78, 5) is 2.36. The number of hydrogen-bond acceptors (Lipinski definition) is 1. The predicted octanol–water partition coefficient (Wildman–Crippen LogP) is 0.695. The maximum absolute atomic E-state index is 2.37. The second-order valence-corrected chi connectivity index (χ2v) is 1.92. The van der Waals surface area contributed by atoms with Crippen molar-refractivity contribution in [1.82, 2.24) is 4.90 Å². The van der Waals surface area contributed by atoms with Crippen LogP contribution in [0.1, 0.15) is 0 Å². The topological polar surface area (TPSA) is 3.01 Å². The van der Waals surface area contributed by atoms with Crippen molar-refractivity contribution >= 4 is 22.6 Å². The maximum atomic E-state index is 2.37. The molecule has 0 unspecified atom stereocenters. The minimum absolute atomic E-state index is 1.22. The molecule has 1 nitrogen and oxygen atoms in total. The van der Waals surface area contributed by atoms with Crippen LogP contribution >= 0.6 is 22.6 Å². The van der Waals surface area contributed by atoms with Crippen LogP contribution in [0.5, 0.6) is 0 Å². The highest BCUT2D eigenvalue weighted by Gasteiger charge is 2.13. The fourth-order valence-electron chi connectivity index (χ4n) is 0.190. The minimum Gasteiger partial charge on any atom is -0.292 e. The van der Waals surface area contributed by atoms with Crippen LogP contribution in [0.4, 0.5) is 0 Å². The lowest BCUT2D eigenvalue weighted by Crippen LogP contribution is -1.85. The SMILES string of the molecule is ICN1CC1. The smallest absolute Gasteiger partial charge is 0.0506 e. The van der Waals surface area contributed by atoms with Crippen LogP contribution in [-0.4, -0.2) is 22.5 Å². The molecule has 1 rings (SSSR count). The van der Waals surface area contributed by atoms with Crippen molar-refractivity contribution in [3.8, 4) is 0 Å². The first-order chi connectivity index (χ1) is 2.43. The lowest BCUT2D eigenvalue weighted by Gasteiger charge is -1.79. The van der Waals surface area contributed by atoms with Crippen LogP contribution < -0.4 is 0 Å². The number of rotatable bonds is 1. The molecule has 1 saturated heterocycles. The molecule has 0 aromatic carbocycles. The Labute approximate surface area is 45.5 Å². The van der Waals surface area contributed by atoms with E-state index in [1.165, 1.54) is 17.6 Å². The third-order valence-corrected chi connectivity index (χ3v) is 1.67. The number of nitrogens with zero attached hydrogens (tertiary/aromatic N) is 1. The maximum Gasteiger partial charge on any atom is 0.0506 e. The van der Waals surface area contributed by atoms with Crippen molar-refractivity contribution in [3.63, 3.8) is 0 Å². The summed E-state index contributed by atoms with van der Waals surface area (Å²) in [5.74, 6) is 0. The quantitative estimate of drug-likeness (QED) is 0.250. The molecule has 0 N–H and O–H groups in total. The highest BCUT2D eigenvalue weighted by Crippen LogP contribution is 2.03. The van der Waals surface area contributed by atoms with Gasteiger partial charge in [-0.2, -0.15) is 0 Å². The van der Waals surface area contributed by atoms with Crippen LogP contribution in [0.15, 0.2) is 0 Å². The van der Waals surface area contributed by atoms with E-state index in [1.807, 2.05) is 0 Å². The van der Waals surface area contributed by atoms with E-state index in [-0.39, 0.29) is 0 Å². The highest BCUT2D eigenvalue weighted by atomic mass is 127. The first-order valence-corrected chi connectivity index (χ1v) is 3.24. The Morgan fingerprint density at radius 2 is 2.20 bits per heavy atom. The summed E-state index contributed by atoms with van der Waals surface area (Å²) in [7, 11) is 0. The molecule has 1 heterocycles. The first kappa shape index (κ1) is 3.87. The normalized spacial score (nSPS) is 23.4. The zero-order valence-corrected chi connectivity index (χ0v) is 5.10. The van der Waals surface area contributed by atoms with Crippen molar-refractivity contribution < 1.29 is 0 Å².